The third-order valence-corrected chi connectivity index (χ3v) is 5.46. The fourth-order valence-corrected chi connectivity index (χ4v) is 3.49. The summed E-state index contributed by atoms with van der Waals surface area (Å²) < 4.78 is 1.65. The lowest BCUT2D eigenvalue weighted by molar-refractivity contribution is -0.138. The van der Waals surface area contributed by atoms with Crippen LogP contribution in [0.3, 0.4) is 0 Å². The van der Waals surface area contributed by atoms with E-state index >= 15 is 0 Å². The third-order valence-electron chi connectivity index (χ3n) is 5.46. The molecule has 0 fully saturated rings. The minimum atomic E-state index is -0.423. The first-order chi connectivity index (χ1) is 14.5. The Morgan fingerprint density at radius 3 is 2.57 bits per heavy atom. The average Bonchev–Trinajstić information content (AvgIpc) is 3.30. The van der Waals surface area contributed by atoms with Crippen LogP contribution in [0.2, 0.25) is 0 Å². The molecule has 1 aliphatic rings. The zero-order valence-corrected chi connectivity index (χ0v) is 16.7. The number of hydrogen-bond acceptors (Lipinski definition) is 5. The summed E-state index contributed by atoms with van der Waals surface area (Å²) in [6.45, 7) is 1.63. The Balaban J connectivity index is 1.46. The first-order valence-electron chi connectivity index (χ1n) is 9.59. The Kier molecular flexibility index (Phi) is 5.14. The molecule has 2 heterocycles. The highest BCUT2D eigenvalue weighted by Crippen LogP contribution is 2.23. The molecule has 1 aromatic heterocycles. The SMILES string of the molecule is C[C@H](c1ccc(-n2cncn2)cc1)N(C)C(=O)CN1C(=O)Cc2ccccc2C1=O. The molecular formula is C22H21N5O3. The van der Waals surface area contributed by atoms with Crippen LogP contribution >= 0.6 is 0 Å². The fraction of sp³-hybridized carbons (Fsp3) is 0.227. The molecule has 0 aliphatic carbocycles. The molecule has 3 amide bonds. The van der Waals surface area contributed by atoms with Gasteiger partial charge in [0, 0.05) is 12.6 Å². The van der Waals surface area contributed by atoms with Gasteiger partial charge < -0.3 is 4.90 Å². The van der Waals surface area contributed by atoms with Gasteiger partial charge in [0.2, 0.25) is 11.8 Å². The Morgan fingerprint density at radius 2 is 1.87 bits per heavy atom. The van der Waals surface area contributed by atoms with Gasteiger partial charge in [0.15, 0.2) is 0 Å². The number of imide groups is 1. The number of carbonyl (C=O) groups is 3. The second kappa shape index (κ2) is 7.90. The summed E-state index contributed by atoms with van der Waals surface area (Å²) >= 11 is 0. The van der Waals surface area contributed by atoms with Crippen LogP contribution in [0.1, 0.15) is 34.5 Å². The molecule has 2 aromatic carbocycles. The number of carbonyl (C=O) groups excluding carboxylic acids is 3. The number of likely N-dealkylation sites (N-methyl/N-ethyl adjacent to an activating group) is 1. The first kappa shape index (κ1) is 19.5. The smallest absolute Gasteiger partial charge is 0.261 e. The summed E-state index contributed by atoms with van der Waals surface area (Å²) in [5.41, 5.74) is 2.96. The van der Waals surface area contributed by atoms with Crippen molar-refractivity contribution in [3.8, 4) is 5.69 Å². The Hall–Kier alpha value is -3.81. The molecular weight excluding hydrogens is 382 g/mol. The van der Waals surface area contributed by atoms with Gasteiger partial charge in [0.05, 0.1) is 18.2 Å². The highest BCUT2D eigenvalue weighted by Gasteiger charge is 2.33. The normalized spacial score (nSPS) is 14.4. The molecule has 152 valence electrons. The zero-order valence-electron chi connectivity index (χ0n) is 16.7. The van der Waals surface area contributed by atoms with Crippen molar-refractivity contribution in [2.75, 3.05) is 13.6 Å². The van der Waals surface area contributed by atoms with Gasteiger partial charge in [-0.1, -0.05) is 30.3 Å². The molecule has 4 rings (SSSR count). The molecule has 3 aromatic rings. The number of amides is 3. The maximum Gasteiger partial charge on any atom is 0.261 e. The summed E-state index contributed by atoms with van der Waals surface area (Å²) in [7, 11) is 1.67. The van der Waals surface area contributed by atoms with Crippen molar-refractivity contribution >= 4 is 17.7 Å². The Bertz CT molecular complexity index is 1090. The lowest BCUT2D eigenvalue weighted by atomic mass is 9.98. The summed E-state index contributed by atoms with van der Waals surface area (Å²) in [4.78, 5) is 44.5. The first-order valence-corrected chi connectivity index (χ1v) is 9.59. The van der Waals surface area contributed by atoms with Gasteiger partial charge in [-0.3, -0.25) is 19.3 Å². The topological polar surface area (TPSA) is 88.4 Å². The van der Waals surface area contributed by atoms with Gasteiger partial charge in [-0.15, -0.1) is 0 Å². The number of fused-ring (bicyclic) bond motifs is 1. The van der Waals surface area contributed by atoms with E-state index in [1.54, 1.807) is 47.2 Å². The van der Waals surface area contributed by atoms with Crippen molar-refractivity contribution in [2.45, 2.75) is 19.4 Å². The number of aromatic nitrogens is 3. The maximum atomic E-state index is 12.8. The van der Waals surface area contributed by atoms with E-state index in [4.69, 9.17) is 0 Å². The van der Waals surface area contributed by atoms with Gasteiger partial charge in [0.1, 0.15) is 19.2 Å². The molecule has 1 aliphatic heterocycles. The van der Waals surface area contributed by atoms with E-state index in [-0.39, 0.29) is 30.8 Å². The number of nitrogens with zero attached hydrogens (tertiary/aromatic N) is 5. The molecule has 0 unspecified atom stereocenters. The molecule has 0 N–H and O–H groups in total. The lowest BCUT2D eigenvalue weighted by Crippen LogP contribution is -2.48. The van der Waals surface area contributed by atoms with E-state index in [1.807, 2.05) is 31.2 Å². The predicted octanol–water partition coefficient (Wildman–Crippen LogP) is 2.01. The third kappa shape index (κ3) is 3.59. The molecule has 0 spiro atoms. The van der Waals surface area contributed by atoms with Crippen LogP contribution in [0.4, 0.5) is 0 Å². The molecule has 0 saturated heterocycles. The second-order valence-electron chi connectivity index (χ2n) is 7.23. The predicted molar refractivity (Wildman–Crippen MR) is 109 cm³/mol. The molecule has 0 saturated carbocycles. The van der Waals surface area contributed by atoms with Gasteiger partial charge in [-0.25, -0.2) is 9.67 Å². The molecule has 1 atom stereocenters. The summed E-state index contributed by atoms with van der Waals surface area (Å²) in [6, 6.07) is 14.4. The van der Waals surface area contributed by atoms with Gasteiger partial charge in [0.25, 0.3) is 5.91 Å². The second-order valence-corrected chi connectivity index (χ2v) is 7.23. The summed E-state index contributed by atoms with van der Waals surface area (Å²) in [6.07, 6.45) is 3.20. The van der Waals surface area contributed by atoms with Crippen LogP contribution in [-0.2, 0) is 16.0 Å². The zero-order chi connectivity index (χ0) is 21.3. The van der Waals surface area contributed by atoms with Crippen LogP contribution in [0.25, 0.3) is 5.69 Å². The molecule has 30 heavy (non-hydrogen) atoms. The molecule has 8 nitrogen and oxygen atoms in total. The number of hydrogen-bond donors (Lipinski definition) is 0. The molecule has 8 heteroatoms. The van der Waals surface area contributed by atoms with Crippen molar-refractivity contribution in [1.82, 2.24) is 24.6 Å². The molecule has 0 radical (unpaired) electrons. The minimum absolute atomic E-state index is 0.123. The van der Waals surface area contributed by atoms with E-state index in [0.717, 1.165) is 16.2 Å². The van der Waals surface area contributed by atoms with Crippen LogP contribution < -0.4 is 0 Å². The van der Waals surface area contributed by atoms with E-state index < -0.39 is 5.91 Å². The van der Waals surface area contributed by atoms with E-state index in [0.29, 0.717) is 11.1 Å². The van der Waals surface area contributed by atoms with Crippen LogP contribution in [0, 0.1) is 0 Å². The van der Waals surface area contributed by atoms with Crippen LogP contribution in [-0.4, -0.2) is 55.9 Å². The van der Waals surface area contributed by atoms with Crippen molar-refractivity contribution in [3.05, 3.63) is 77.9 Å². The highest BCUT2D eigenvalue weighted by molar-refractivity contribution is 6.11. The minimum Gasteiger partial charge on any atom is -0.337 e. The van der Waals surface area contributed by atoms with Crippen molar-refractivity contribution in [2.24, 2.45) is 0 Å². The van der Waals surface area contributed by atoms with E-state index in [1.165, 1.54) is 6.33 Å². The van der Waals surface area contributed by atoms with Crippen molar-refractivity contribution in [1.29, 1.82) is 0 Å². The number of benzene rings is 2. The van der Waals surface area contributed by atoms with Gasteiger partial charge >= 0.3 is 0 Å². The fourth-order valence-electron chi connectivity index (χ4n) is 3.49. The van der Waals surface area contributed by atoms with Crippen molar-refractivity contribution in [3.63, 3.8) is 0 Å². The van der Waals surface area contributed by atoms with E-state index in [2.05, 4.69) is 10.1 Å². The van der Waals surface area contributed by atoms with Crippen LogP contribution in [0.5, 0.6) is 0 Å². The lowest BCUT2D eigenvalue weighted by Gasteiger charge is -2.30. The Labute approximate surface area is 173 Å². The standard InChI is InChI=1S/C22H21N5O3/c1-15(16-7-9-18(10-8-16)27-14-23-13-24-27)25(2)21(29)12-26-20(28)11-17-5-3-4-6-19(17)22(26)30/h3-10,13-15H,11-12H2,1-2H3/t15-/m1/s1. The van der Waals surface area contributed by atoms with E-state index in [9.17, 15) is 14.4 Å². The largest absolute Gasteiger partial charge is 0.337 e. The van der Waals surface area contributed by atoms with Crippen molar-refractivity contribution < 1.29 is 14.4 Å². The van der Waals surface area contributed by atoms with Crippen LogP contribution in [0.15, 0.2) is 61.2 Å². The maximum absolute atomic E-state index is 12.8. The molecule has 0 bridgehead atoms. The quantitative estimate of drug-likeness (QED) is 0.608. The summed E-state index contributed by atoms with van der Waals surface area (Å²) in [5.74, 6) is -1.08. The van der Waals surface area contributed by atoms with Gasteiger partial charge in [-0.2, -0.15) is 5.10 Å². The highest BCUT2D eigenvalue weighted by atomic mass is 16.2. The van der Waals surface area contributed by atoms with Gasteiger partial charge in [-0.05, 0) is 36.2 Å². The average molecular weight is 403 g/mol. The monoisotopic (exact) mass is 403 g/mol. The number of rotatable bonds is 5. The Morgan fingerprint density at radius 1 is 1.13 bits per heavy atom. The summed E-state index contributed by atoms with van der Waals surface area (Å²) in [5, 5.41) is 4.09.